The number of amides is 1. The number of benzene rings is 1. The first-order valence-corrected chi connectivity index (χ1v) is 5.26. The monoisotopic (exact) mass is 270 g/mol. The summed E-state index contributed by atoms with van der Waals surface area (Å²) in [5.41, 5.74) is 4.82. The summed E-state index contributed by atoms with van der Waals surface area (Å²) in [6, 6.07) is 3.72. The predicted molar refractivity (Wildman–Crippen MR) is 60.9 cm³/mol. The van der Waals surface area contributed by atoms with Crippen LogP contribution < -0.4 is 11.1 Å². The van der Waals surface area contributed by atoms with Gasteiger partial charge in [0.05, 0.1) is 12.2 Å². The van der Waals surface area contributed by atoms with Crippen LogP contribution >= 0.6 is 0 Å². The van der Waals surface area contributed by atoms with Crippen LogP contribution in [0.25, 0.3) is 0 Å². The van der Waals surface area contributed by atoms with Crippen molar-refractivity contribution in [2.24, 2.45) is 5.73 Å². The fraction of sp³-hybridized carbons (Fsp3) is 0.0833. The first kappa shape index (κ1) is 13.2. The normalized spacial score (nSPS) is 10.5. The van der Waals surface area contributed by atoms with Gasteiger partial charge in [-0.15, -0.1) is 0 Å². The first-order chi connectivity index (χ1) is 9.01. The molecular formula is C12H9F3N2O2. The molecule has 0 radical (unpaired) electrons. The number of rotatable bonds is 3. The minimum Gasteiger partial charge on any atom is -0.455 e. The summed E-state index contributed by atoms with van der Waals surface area (Å²) in [6.07, 6.45) is 0. The molecule has 1 amide bonds. The molecule has 19 heavy (non-hydrogen) atoms. The smallest absolute Gasteiger partial charge is 0.291 e. The third-order valence-electron chi connectivity index (χ3n) is 2.34. The van der Waals surface area contributed by atoms with Gasteiger partial charge in [-0.05, 0) is 12.1 Å². The zero-order valence-electron chi connectivity index (χ0n) is 9.54. The Hall–Kier alpha value is -2.28. The molecule has 2 rings (SSSR count). The zero-order valence-corrected chi connectivity index (χ0v) is 9.54. The summed E-state index contributed by atoms with van der Waals surface area (Å²) < 4.78 is 44.0. The van der Waals surface area contributed by atoms with Crippen molar-refractivity contribution in [2.75, 3.05) is 5.32 Å². The van der Waals surface area contributed by atoms with Gasteiger partial charge in [0.1, 0.15) is 11.6 Å². The van der Waals surface area contributed by atoms with Gasteiger partial charge in [0, 0.05) is 12.1 Å². The molecule has 3 N–H and O–H groups in total. The standard InChI is InChI=1S/C12H9F3N2O2/c13-7-3-9(15)10(4-8(7)14)17-12(18)11-2-1-6(5-16)19-11/h1-4H,5,16H2,(H,17,18). The Kier molecular flexibility index (Phi) is 3.57. The minimum absolute atomic E-state index is 0.104. The first-order valence-electron chi connectivity index (χ1n) is 5.26. The second-order valence-corrected chi connectivity index (χ2v) is 3.67. The molecule has 0 aliphatic rings. The summed E-state index contributed by atoms with van der Waals surface area (Å²) in [6.45, 7) is 0.104. The molecule has 100 valence electrons. The predicted octanol–water partition coefficient (Wildman–Crippen LogP) is 2.41. The van der Waals surface area contributed by atoms with E-state index in [0.29, 0.717) is 17.9 Å². The van der Waals surface area contributed by atoms with E-state index >= 15 is 0 Å². The molecule has 2 aromatic rings. The molecule has 0 spiro atoms. The van der Waals surface area contributed by atoms with Crippen LogP contribution in [0.2, 0.25) is 0 Å². The Labute approximate surface area is 106 Å². The topological polar surface area (TPSA) is 68.3 Å². The average molecular weight is 270 g/mol. The van der Waals surface area contributed by atoms with Gasteiger partial charge >= 0.3 is 0 Å². The Morgan fingerprint density at radius 3 is 2.47 bits per heavy atom. The highest BCUT2D eigenvalue weighted by atomic mass is 19.2. The Bertz CT molecular complexity index is 625. The molecule has 0 atom stereocenters. The molecule has 0 aliphatic heterocycles. The molecule has 0 bridgehead atoms. The molecule has 0 unspecified atom stereocenters. The van der Waals surface area contributed by atoms with Crippen LogP contribution in [0.15, 0.2) is 28.7 Å². The lowest BCUT2D eigenvalue weighted by atomic mass is 10.2. The second-order valence-electron chi connectivity index (χ2n) is 3.67. The van der Waals surface area contributed by atoms with Gasteiger partial charge in [-0.3, -0.25) is 4.79 Å². The van der Waals surface area contributed by atoms with Gasteiger partial charge in [-0.2, -0.15) is 0 Å². The van der Waals surface area contributed by atoms with E-state index in [0.717, 1.165) is 0 Å². The van der Waals surface area contributed by atoms with Crippen molar-refractivity contribution in [2.45, 2.75) is 6.54 Å². The molecule has 7 heteroatoms. The van der Waals surface area contributed by atoms with Crippen LogP contribution in [0.1, 0.15) is 16.3 Å². The fourth-order valence-electron chi connectivity index (χ4n) is 1.41. The van der Waals surface area contributed by atoms with Gasteiger partial charge in [-0.25, -0.2) is 13.2 Å². The molecule has 1 aromatic heterocycles. The highest BCUT2D eigenvalue weighted by Gasteiger charge is 2.15. The van der Waals surface area contributed by atoms with Crippen LogP contribution in [0.3, 0.4) is 0 Å². The number of nitrogens with one attached hydrogen (secondary N) is 1. The third kappa shape index (κ3) is 2.76. The van der Waals surface area contributed by atoms with E-state index in [1.165, 1.54) is 12.1 Å². The molecule has 0 fully saturated rings. The van der Waals surface area contributed by atoms with E-state index in [4.69, 9.17) is 10.2 Å². The Balaban J connectivity index is 2.21. The molecule has 1 heterocycles. The van der Waals surface area contributed by atoms with Crippen LogP contribution in [0, 0.1) is 17.5 Å². The highest BCUT2D eigenvalue weighted by Crippen LogP contribution is 2.19. The summed E-state index contributed by atoms with van der Waals surface area (Å²) in [7, 11) is 0. The molecule has 0 saturated heterocycles. The van der Waals surface area contributed by atoms with Crippen molar-refractivity contribution in [1.29, 1.82) is 0 Å². The fourth-order valence-corrected chi connectivity index (χ4v) is 1.41. The van der Waals surface area contributed by atoms with E-state index in [1.54, 1.807) is 0 Å². The lowest BCUT2D eigenvalue weighted by Gasteiger charge is -2.05. The largest absolute Gasteiger partial charge is 0.455 e. The maximum absolute atomic E-state index is 13.3. The highest BCUT2D eigenvalue weighted by molar-refractivity contribution is 6.02. The molecule has 0 aliphatic carbocycles. The Morgan fingerprint density at radius 2 is 1.84 bits per heavy atom. The van der Waals surface area contributed by atoms with E-state index in [1.807, 2.05) is 0 Å². The van der Waals surface area contributed by atoms with Crippen LogP contribution in [0.5, 0.6) is 0 Å². The van der Waals surface area contributed by atoms with Crippen molar-refractivity contribution < 1.29 is 22.4 Å². The summed E-state index contributed by atoms with van der Waals surface area (Å²) in [5.74, 6) is -4.21. The molecule has 4 nitrogen and oxygen atoms in total. The van der Waals surface area contributed by atoms with Crippen LogP contribution in [-0.4, -0.2) is 5.91 Å². The van der Waals surface area contributed by atoms with Crippen LogP contribution in [-0.2, 0) is 6.54 Å². The number of furan rings is 1. The molecule has 1 aromatic carbocycles. The number of nitrogens with two attached hydrogens (primary N) is 1. The van der Waals surface area contributed by atoms with E-state index < -0.39 is 29.0 Å². The maximum atomic E-state index is 13.3. The van der Waals surface area contributed by atoms with Gasteiger partial charge in [0.15, 0.2) is 17.4 Å². The number of halogens is 3. The SMILES string of the molecule is NCc1ccc(C(=O)Nc2cc(F)c(F)cc2F)o1. The summed E-state index contributed by atoms with van der Waals surface area (Å²) >= 11 is 0. The number of anilines is 1. The molecule has 0 saturated carbocycles. The van der Waals surface area contributed by atoms with Crippen LogP contribution in [0.4, 0.5) is 18.9 Å². The van der Waals surface area contributed by atoms with E-state index in [2.05, 4.69) is 5.32 Å². The van der Waals surface area contributed by atoms with Crippen molar-refractivity contribution >= 4 is 11.6 Å². The van der Waals surface area contributed by atoms with Gasteiger partial charge in [0.2, 0.25) is 0 Å². The average Bonchev–Trinajstić information content (AvgIpc) is 2.84. The second kappa shape index (κ2) is 5.15. The molecular weight excluding hydrogens is 261 g/mol. The maximum Gasteiger partial charge on any atom is 0.291 e. The van der Waals surface area contributed by atoms with Crippen molar-refractivity contribution in [3.8, 4) is 0 Å². The quantitative estimate of drug-likeness (QED) is 0.841. The third-order valence-corrected chi connectivity index (χ3v) is 2.34. The lowest BCUT2D eigenvalue weighted by Crippen LogP contribution is -2.12. The van der Waals surface area contributed by atoms with Crippen molar-refractivity contribution in [1.82, 2.24) is 0 Å². The van der Waals surface area contributed by atoms with Crippen molar-refractivity contribution in [3.05, 3.63) is 53.2 Å². The number of hydrogen-bond donors (Lipinski definition) is 2. The number of hydrogen-bond acceptors (Lipinski definition) is 3. The summed E-state index contributed by atoms with van der Waals surface area (Å²) in [5, 5.41) is 2.08. The number of carbonyl (C=O) groups excluding carboxylic acids is 1. The lowest BCUT2D eigenvalue weighted by molar-refractivity contribution is 0.0994. The van der Waals surface area contributed by atoms with E-state index in [9.17, 15) is 18.0 Å². The minimum atomic E-state index is -1.33. The summed E-state index contributed by atoms with van der Waals surface area (Å²) in [4.78, 5) is 11.7. The van der Waals surface area contributed by atoms with Gasteiger partial charge < -0.3 is 15.5 Å². The van der Waals surface area contributed by atoms with Crippen molar-refractivity contribution in [3.63, 3.8) is 0 Å². The van der Waals surface area contributed by atoms with Gasteiger partial charge in [-0.1, -0.05) is 0 Å². The number of carbonyl (C=O) groups is 1. The zero-order chi connectivity index (χ0) is 14.0. The Morgan fingerprint density at radius 1 is 1.16 bits per heavy atom. The van der Waals surface area contributed by atoms with E-state index in [-0.39, 0.29) is 12.3 Å². The van der Waals surface area contributed by atoms with Gasteiger partial charge in [0.25, 0.3) is 5.91 Å².